The molecule has 0 aliphatic carbocycles. The molecule has 13 heteroatoms. The molecular weight excluding hydrogens is 509 g/mol. The molecule has 4 rings (SSSR count). The summed E-state index contributed by atoms with van der Waals surface area (Å²) < 4.78 is 41.2. The van der Waals surface area contributed by atoms with Crippen molar-refractivity contribution in [2.45, 2.75) is 32.4 Å². The largest absolute Gasteiger partial charge is 0.355 e. The minimum Gasteiger partial charge on any atom is -0.355 e. The van der Waals surface area contributed by atoms with Gasteiger partial charge in [0.15, 0.2) is 5.65 Å². The SMILES string of the molecule is Cc1cn2nc([C@H](C)N(CCF)C(=O)c3cc(Cl)ccc3NS(C)(=O)=O)cc2nc1N1CC[C@H](N)C1. The number of benzene rings is 1. The van der Waals surface area contributed by atoms with Gasteiger partial charge in [-0.3, -0.25) is 9.52 Å². The lowest BCUT2D eigenvalue weighted by Gasteiger charge is -2.28. The summed E-state index contributed by atoms with van der Waals surface area (Å²) in [6, 6.07) is 5.46. The van der Waals surface area contributed by atoms with Gasteiger partial charge in [0.1, 0.15) is 12.5 Å². The maximum absolute atomic E-state index is 13.6. The zero-order chi connectivity index (χ0) is 26.2. The number of hydrogen-bond acceptors (Lipinski definition) is 7. The zero-order valence-electron chi connectivity index (χ0n) is 20.3. The fraction of sp³-hybridized carbons (Fsp3) is 0.435. The summed E-state index contributed by atoms with van der Waals surface area (Å²) >= 11 is 6.10. The second kappa shape index (κ2) is 10.2. The molecule has 0 radical (unpaired) electrons. The first-order chi connectivity index (χ1) is 17.0. The number of nitrogens with one attached hydrogen (secondary N) is 1. The lowest BCUT2D eigenvalue weighted by molar-refractivity contribution is 0.0674. The summed E-state index contributed by atoms with van der Waals surface area (Å²) in [7, 11) is -3.67. The molecule has 1 saturated heterocycles. The Morgan fingerprint density at radius 3 is 2.78 bits per heavy atom. The number of carbonyl (C=O) groups is 1. The van der Waals surface area contributed by atoms with Crippen LogP contribution in [0.15, 0.2) is 30.5 Å². The van der Waals surface area contributed by atoms with Crippen LogP contribution in [0.4, 0.5) is 15.9 Å². The Hall–Kier alpha value is -2.96. The van der Waals surface area contributed by atoms with Crippen molar-refractivity contribution in [1.82, 2.24) is 19.5 Å². The first kappa shape index (κ1) is 26.1. The molecule has 2 atom stereocenters. The topological polar surface area (TPSA) is 126 Å². The second-order valence-corrected chi connectivity index (χ2v) is 11.2. The molecule has 1 aliphatic rings. The predicted octanol–water partition coefficient (Wildman–Crippen LogP) is 2.77. The number of anilines is 2. The van der Waals surface area contributed by atoms with Crippen molar-refractivity contribution in [3.8, 4) is 0 Å². The molecule has 0 saturated carbocycles. The van der Waals surface area contributed by atoms with E-state index in [9.17, 15) is 17.6 Å². The van der Waals surface area contributed by atoms with Crippen LogP contribution in [-0.4, -0.2) is 72.4 Å². The molecular formula is C23H29ClFN7O3S. The molecule has 1 fully saturated rings. The van der Waals surface area contributed by atoms with Gasteiger partial charge in [-0.15, -0.1) is 0 Å². The van der Waals surface area contributed by atoms with Gasteiger partial charge in [-0.2, -0.15) is 5.10 Å². The zero-order valence-corrected chi connectivity index (χ0v) is 21.9. The van der Waals surface area contributed by atoms with Crippen molar-refractivity contribution in [2.75, 3.05) is 42.2 Å². The van der Waals surface area contributed by atoms with Crippen LogP contribution in [0.5, 0.6) is 0 Å². The fourth-order valence-corrected chi connectivity index (χ4v) is 5.13. The minimum atomic E-state index is -3.67. The molecule has 3 aromatic rings. The normalized spacial score (nSPS) is 16.9. The van der Waals surface area contributed by atoms with E-state index in [0.717, 1.165) is 37.1 Å². The van der Waals surface area contributed by atoms with E-state index in [1.54, 1.807) is 17.5 Å². The Kier molecular flexibility index (Phi) is 7.39. The molecule has 0 unspecified atom stereocenters. The van der Waals surface area contributed by atoms with E-state index in [0.29, 0.717) is 11.3 Å². The van der Waals surface area contributed by atoms with Crippen molar-refractivity contribution < 1.29 is 17.6 Å². The smallest absolute Gasteiger partial charge is 0.256 e. The Labute approximate surface area is 214 Å². The highest BCUT2D eigenvalue weighted by molar-refractivity contribution is 7.92. The molecule has 1 amide bonds. The monoisotopic (exact) mass is 537 g/mol. The van der Waals surface area contributed by atoms with Crippen LogP contribution in [-0.2, 0) is 10.0 Å². The van der Waals surface area contributed by atoms with E-state index in [2.05, 4.69) is 14.7 Å². The Balaban J connectivity index is 1.68. The molecule has 0 spiro atoms. The summed E-state index contributed by atoms with van der Waals surface area (Å²) in [5.41, 5.74) is 8.17. The summed E-state index contributed by atoms with van der Waals surface area (Å²) in [4.78, 5) is 21.7. The number of amides is 1. The maximum Gasteiger partial charge on any atom is 0.256 e. The highest BCUT2D eigenvalue weighted by atomic mass is 35.5. The first-order valence-corrected chi connectivity index (χ1v) is 13.8. The van der Waals surface area contributed by atoms with E-state index >= 15 is 0 Å². The van der Waals surface area contributed by atoms with Crippen LogP contribution >= 0.6 is 11.6 Å². The van der Waals surface area contributed by atoms with Gasteiger partial charge in [-0.05, 0) is 38.5 Å². The van der Waals surface area contributed by atoms with Gasteiger partial charge in [0.2, 0.25) is 10.0 Å². The van der Waals surface area contributed by atoms with E-state index in [-0.39, 0.29) is 28.9 Å². The van der Waals surface area contributed by atoms with Gasteiger partial charge in [0.05, 0.1) is 35.8 Å². The van der Waals surface area contributed by atoms with Gasteiger partial charge in [-0.1, -0.05) is 11.6 Å². The van der Waals surface area contributed by atoms with Crippen LogP contribution in [0.3, 0.4) is 0 Å². The number of alkyl halides is 1. The van der Waals surface area contributed by atoms with Gasteiger partial charge in [0.25, 0.3) is 5.91 Å². The van der Waals surface area contributed by atoms with Gasteiger partial charge < -0.3 is 15.5 Å². The summed E-state index contributed by atoms with van der Waals surface area (Å²) in [6.07, 6.45) is 3.74. The molecule has 1 aromatic carbocycles. The van der Waals surface area contributed by atoms with Crippen molar-refractivity contribution in [2.24, 2.45) is 5.73 Å². The van der Waals surface area contributed by atoms with Crippen LogP contribution in [0, 0.1) is 6.92 Å². The van der Waals surface area contributed by atoms with Crippen LogP contribution in [0.25, 0.3) is 5.65 Å². The average molecular weight is 538 g/mol. The highest BCUT2D eigenvalue weighted by Crippen LogP contribution is 2.29. The quantitative estimate of drug-likeness (QED) is 0.452. The molecule has 36 heavy (non-hydrogen) atoms. The number of aryl methyl sites for hydroxylation is 1. The third-order valence-corrected chi connectivity index (χ3v) is 6.96. The van der Waals surface area contributed by atoms with Crippen molar-refractivity contribution in [3.05, 3.63) is 52.3 Å². The van der Waals surface area contributed by atoms with Gasteiger partial charge in [-0.25, -0.2) is 22.3 Å². The van der Waals surface area contributed by atoms with E-state index in [1.165, 1.54) is 23.1 Å². The maximum atomic E-state index is 13.6. The third kappa shape index (κ3) is 5.55. The van der Waals surface area contributed by atoms with Gasteiger partial charge >= 0.3 is 0 Å². The fourth-order valence-electron chi connectivity index (χ4n) is 4.38. The van der Waals surface area contributed by atoms with Gasteiger partial charge in [0, 0.05) is 42.0 Å². The van der Waals surface area contributed by atoms with Crippen molar-refractivity contribution in [1.29, 1.82) is 0 Å². The van der Waals surface area contributed by atoms with Crippen molar-refractivity contribution in [3.63, 3.8) is 0 Å². The van der Waals surface area contributed by atoms with E-state index in [1.807, 2.05) is 13.1 Å². The number of aromatic nitrogens is 3. The Morgan fingerprint density at radius 1 is 1.39 bits per heavy atom. The molecule has 10 nitrogen and oxygen atoms in total. The third-order valence-electron chi connectivity index (χ3n) is 6.14. The lowest BCUT2D eigenvalue weighted by Crippen LogP contribution is -2.36. The number of sulfonamides is 1. The summed E-state index contributed by atoms with van der Waals surface area (Å²) in [5.74, 6) is 0.253. The number of hydrogen-bond donors (Lipinski definition) is 2. The lowest BCUT2D eigenvalue weighted by atomic mass is 10.1. The van der Waals surface area contributed by atoms with Crippen molar-refractivity contribution >= 4 is 44.7 Å². The molecule has 3 N–H and O–H groups in total. The average Bonchev–Trinajstić information content (AvgIpc) is 3.42. The van der Waals surface area contributed by atoms with E-state index < -0.39 is 28.6 Å². The summed E-state index contributed by atoms with van der Waals surface area (Å²) in [5, 5.41) is 4.83. The van der Waals surface area contributed by atoms with Crippen LogP contribution in [0.2, 0.25) is 5.02 Å². The number of rotatable bonds is 8. The minimum absolute atomic E-state index is 0.0126. The number of fused-ring (bicyclic) bond motifs is 1. The standard InChI is InChI=1S/C23H29ClFN7O3S/c1-14-12-32-21(27-22(14)30-8-6-17(26)13-30)11-20(28-32)15(2)31(9-7-25)23(33)18-10-16(24)4-5-19(18)29-36(3,34)35/h4-5,10-12,15,17,29H,6-9,13,26H2,1-3H3/t15-,17-/m0/s1. The molecule has 0 bridgehead atoms. The van der Waals surface area contributed by atoms with E-state index in [4.69, 9.17) is 22.3 Å². The number of nitrogens with zero attached hydrogens (tertiary/aromatic N) is 5. The Bertz CT molecular complexity index is 1400. The molecule has 3 heterocycles. The number of carbonyl (C=O) groups excluding carboxylic acids is 1. The second-order valence-electron chi connectivity index (χ2n) is 9.04. The Morgan fingerprint density at radius 2 is 2.14 bits per heavy atom. The highest BCUT2D eigenvalue weighted by Gasteiger charge is 2.28. The molecule has 1 aliphatic heterocycles. The molecule has 2 aromatic heterocycles. The first-order valence-electron chi connectivity index (χ1n) is 11.5. The van der Waals surface area contributed by atoms with Crippen LogP contribution < -0.4 is 15.4 Å². The summed E-state index contributed by atoms with van der Waals surface area (Å²) in [6.45, 7) is 4.22. The predicted molar refractivity (Wildman–Crippen MR) is 138 cm³/mol. The van der Waals surface area contributed by atoms with Crippen LogP contribution in [0.1, 0.15) is 41.0 Å². The number of nitrogens with two attached hydrogens (primary N) is 1. The molecule has 194 valence electrons. The number of halogens is 2.